The van der Waals surface area contributed by atoms with Crippen LogP contribution in [0.3, 0.4) is 0 Å². The van der Waals surface area contributed by atoms with Crippen molar-refractivity contribution in [1.29, 1.82) is 0 Å². The molecule has 0 aliphatic heterocycles. The first-order valence-corrected chi connectivity index (χ1v) is 5.40. The third-order valence-corrected chi connectivity index (χ3v) is 2.36. The van der Waals surface area contributed by atoms with Crippen molar-refractivity contribution in [2.24, 2.45) is 0 Å². The first-order valence-electron chi connectivity index (χ1n) is 5.40. The van der Waals surface area contributed by atoms with Crippen LogP contribution in [0.4, 0.5) is 10.1 Å². The summed E-state index contributed by atoms with van der Waals surface area (Å²) in [5, 5.41) is 3.06. The molecule has 16 heavy (non-hydrogen) atoms. The van der Waals surface area contributed by atoms with Crippen molar-refractivity contribution < 1.29 is 9.13 Å². The van der Waals surface area contributed by atoms with Crippen molar-refractivity contribution >= 4 is 5.69 Å². The lowest BCUT2D eigenvalue weighted by Gasteiger charge is -2.16. The maximum Gasteiger partial charge on any atom is 0.146 e. The molecule has 1 aromatic carbocycles. The largest absolute Gasteiger partial charge is 0.383 e. The fourth-order valence-electron chi connectivity index (χ4n) is 1.34. The van der Waals surface area contributed by atoms with Crippen LogP contribution in [0.1, 0.15) is 0 Å². The number of nitrogens with one attached hydrogen (secondary N) is 1. The highest BCUT2D eigenvalue weighted by molar-refractivity contribution is 5.44. The fraction of sp³-hybridized carbons (Fsp3) is 0.500. The van der Waals surface area contributed by atoms with E-state index in [1.165, 1.54) is 6.07 Å². The van der Waals surface area contributed by atoms with Crippen LogP contribution in [0.25, 0.3) is 0 Å². The van der Waals surface area contributed by atoms with Gasteiger partial charge in [0.05, 0.1) is 12.3 Å². The van der Waals surface area contributed by atoms with Crippen molar-refractivity contribution in [2.75, 3.05) is 45.7 Å². The summed E-state index contributed by atoms with van der Waals surface area (Å²) in [6.45, 7) is 3.19. The molecule has 90 valence electrons. The minimum absolute atomic E-state index is 0.206. The molecule has 0 saturated carbocycles. The smallest absolute Gasteiger partial charge is 0.146 e. The number of halogens is 1. The zero-order valence-electron chi connectivity index (χ0n) is 9.87. The zero-order valence-corrected chi connectivity index (χ0v) is 9.87. The van der Waals surface area contributed by atoms with Crippen molar-refractivity contribution in [3.05, 3.63) is 30.1 Å². The Bertz CT molecular complexity index is 307. The Morgan fingerprint density at radius 2 is 2.06 bits per heavy atom. The molecule has 0 bridgehead atoms. The van der Waals surface area contributed by atoms with Gasteiger partial charge < -0.3 is 15.0 Å². The Labute approximate surface area is 96.2 Å². The molecule has 0 saturated heterocycles. The summed E-state index contributed by atoms with van der Waals surface area (Å²) in [5.41, 5.74) is 0.558. The van der Waals surface area contributed by atoms with Gasteiger partial charge in [0.15, 0.2) is 0 Å². The molecule has 1 aromatic rings. The summed E-state index contributed by atoms with van der Waals surface area (Å²) in [4.78, 5) is 2.14. The van der Waals surface area contributed by atoms with Crippen LogP contribution >= 0.6 is 0 Å². The van der Waals surface area contributed by atoms with Crippen molar-refractivity contribution in [2.45, 2.75) is 0 Å². The minimum Gasteiger partial charge on any atom is -0.383 e. The molecule has 1 rings (SSSR count). The highest BCUT2D eigenvalue weighted by Gasteiger charge is 2.00. The normalized spacial score (nSPS) is 10.8. The third kappa shape index (κ3) is 4.59. The van der Waals surface area contributed by atoms with E-state index < -0.39 is 0 Å². The second-order valence-electron chi connectivity index (χ2n) is 3.70. The molecule has 0 radical (unpaired) electrons. The number of hydrogen-bond acceptors (Lipinski definition) is 3. The lowest BCUT2D eigenvalue weighted by Crippen LogP contribution is -2.28. The average molecular weight is 226 g/mol. The first-order chi connectivity index (χ1) is 7.74. The van der Waals surface area contributed by atoms with Crippen LogP contribution in [0.15, 0.2) is 24.3 Å². The molecule has 4 heteroatoms. The van der Waals surface area contributed by atoms with E-state index in [0.717, 1.165) is 26.2 Å². The highest BCUT2D eigenvalue weighted by atomic mass is 19.1. The summed E-state index contributed by atoms with van der Waals surface area (Å²) in [6, 6.07) is 6.70. The quantitative estimate of drug-likeness (QED) is 0.767. The molecule has 0 unspecified atom stereocenters. The van der Waals surface area contributed by atoms with Crippen LogP contribution in [-0.2, 0) is 4.74 Å². The second-order valence-corrected chi connectivity index (χ2v) is 3.70. The van der Waals surface area contributed by atoms with Crippen molar-refractivity contribution in [3.8, 4) is 0 Å². The molecule has 0 spiro atoms. The van der Waals surface area contributed by atoms with E-state index in [2.05, 4.69) is 10.2 Å². The molecule has 3 nitrogen and oxygen atoms in total. The molecule has 0 amide bonds. The molecular formula is C12H19FN2O. The zero-order chi connectivity index (χ0) is 11.8. The standard InChI is InChI=1S/C12H19FN2O/c1-15(9-10-16-2)8-7-14-12-6-4-3-5-11(12)13/h3-6,14H,7-10H2,1-2H3. The van der Waals surface area contributed by atoms with Crippen LogP contribution < -0.4 is 5.32 Å². The maximum absolute atomic E-state index is 13.2. The lowest BCUT2D eigenvalue weighted by atomic mass is 10.3. The predicted molar refractivity (Wildman–Crippen MR) is 64.3 cm³/mol. The summed E-state index contributed by atoms with van der Waals surface area (Å²) in [6.07, 6.45) is 0. The topological polar surface area (TPSA) is 24.5 Å². The third-order valence-electron chi connectivity index (χ3n) is 2.36. The summed E-state index contributed by atoms with van der Waals surface area (Å²) >= 11 is 0. The van der Waals surface area contributed by atoms with Gasteiger partial charge in [-0.15, -0.1) is 0 Å². The molecule has 0 aliphatic carbocycles. The van der Waals surface area contributed by atoms with Gasteiger partial charge >= 0.3 is 0 Å². The Hall–Kier alpha value is -1.13. The van der Waals surface area contributed by atoms with Crippen LogP contribution in [0.2, 0.25) is 0 Å². The summed E-state index contributed by atoms with van der Waals surface area (Å²) < 4.78 is 18.2. The fourth-order valence-corrected chi connectivity index (χ4v) is 1.34. The summed E-state index contributed by atoms with van der Waals surface area (Å²) in [7, 11) is 3.70. The predicted octanol–water partition coefficient (Wildman–Crippen LogP) is 1.82. The van der Waals surface area contributed by atoms with E-state index in [1.807, 2.05) is 13.1 Å². The number of anilines is 1. The number of benzene rings is 1. The Kier molecular flexibility index (Phi) is 5.82. The maximum atomic E-state index is 13.2. The number of hydrogen-bond donors (Lipinski definition) is 1. The van der Waals surface area contributed by atoms with E-state index in [1.54, 1.807) is 19.2 Å². The number of methoxy groups -OCH3 is 1. The number of ether oxygens (including phenoxy) is 1. The monoisotopic (exact) mass is 226 g/mol. The van der Waals surface area contributed by atoms with Crippen LogP contribution in [0, 0.1) is 5.82 Å². The molecule has 0 aromatic heterocycles. The van der Waals surface area contributed by atoms with Crippen LogP contribution in [0.5, 0.6) is 0 Å². The van der Waals surface area contributed by atoms with E-state index in [4.69, 9.17) is 4.74 Å². The number of para-hydroxylation sites is 1. The number of rotatable bonds is 7. The molecule has 0 fully saturated rings. The van der Waals surface area contributed by atoms with Crippen molar-refractivity contribution in [1.82, 2.24) is 4.90 Å². The molecule has 1 N–H and O–H groups in total. The van der Waals surface area contributed by atoms with E-state index in [-0.39, 0.29) is 5.82 Å². The van der Waals surface area contributed by atoms with Gasteiger partial charge in [-0.3, -0.25) is 0 Å². The molecule has 0 heterocycles. The van der Waals surface area contributed by atoms with Gasteiger partial charge in [-0.25, -0.2) is 4.39 Å². The minimum atomic E-state index is -0.206. The van der Waals surface area contributed by atoms with Gasteiger partial charge in [0.25, 0.3) is 0 Å². The Balaban J connectivity index is 2.23. The van der Waals surface area contributed by atoms with Gasteiger partial charge in [-0.1, -0.05) is 12.1 Å². The Morgan fingerprint density at radius 3 is 2.75 bits per heavy atom. The van der Waals surface area contributed by atoms with Gasteiger partial charge in [-0.05, 0) is 19.2 Å². The molecular weight excluding hydrogens is 207 g/mol. The van der Waals surface area contributed by atoms with Gasteiger partial charge in [-0.2, -0.15) is 0 Å². The second kappa shape index (κ2) is 7.19. The van der Waals surface area contributed by atoms with Gasteiger partial charge in [0.1, 0.15) is 5.82 Å². The highest BCUT2D eigenvalue weighted by Crippen LogP contribution is 2.11. The van der Waals surface area contributed by atoms with Crippen LogP contribution in [-0.4, -0.2) is 45.3 Å². The Morgan fingerprint density at radius 1 is 1.31 bits per heavy atom. The lowest BCUT2D eigenvalue weighted by molar-refractivity contribution is 0.163. The van der Waals surface area contributed by atoms with E-state index in [9.17, 15) is 4.39 Å². The van der Waals surface area contributed by atoms with E-state index >= 15 is 0 Å². The summed E-state index contributed by atoms with van der Waals surface area (Å²) in [5.74, 6) is -0.206. The number of nitrogens with zero attached hydrogens (tertiary/aromatic N) is 1. The first kappa shape index (κ1) is 12.9. The van der Waals surface area contributed by atoms with Gasteiger partial charge in [0, 0.05) is 26.7 Å². The number of likely N-dealkylation sites (N-methyl/N-ethyl adjacent to an activating group) is 1. The molecule has 0 atom stereocenters. The van der Waals surface area contributed by atoms with Crippen molar-refractivity contribution in [3.63, 3.8) is 0 Å². The van der Waals surface area contributed by atoms with E-state index in [0.29, 0.717) is 5.69 Å². The average Bonchev–Trinajstić information content (AvgIpc) is 2.29. The SMILES string of the molecule is COCCN(C)CCNc1ccccc1F. The molecule has 0 aliphatic rings. The van der Waals surface area contributed by atoms with Gasteiger partial charge in [0.2, 0.25) is 0 Å².